The first-order chi connectivity index (χ1) is 4.73. The fraction of sp³-hybridized carbons (Fsp3) is 0. The fourth-order valence-corrected chi connectivity index (χ4v) is 0.313. The minimum absolute atomic E-state index is 0.194. The van der Waals surface area contributed by atoms with Gasteiger partial charge in [-0.1, -0.05) is 18.3 Å². The molecule has 0 saturated heterocycles. The molecule has 0 aliphatic heterocycles. The largest absolute Gasteiger partial charge is 0.385 e. The van der Waals surface area contributed by atoms with Gasteiger partial charge < -0.3 is 5.73 Å². The highest BCUT2D eigenvalue weighted by molar-refractivity contribution is 8.10. The van der Waals surface area contributed by atoms with Gasteiger partial charge in [0.25, 0.3) is 0 Å². The molecule has 1 heterocycles. The lowest BCUT2D eigenvalue weighted by atomic mass is 10.5. The van der Waals surface area contributed by atoms with E-state index in [-0.39, 0.29) is 4.32 Å². The van der Waals surface area contributed by atoms with Crippen molar-refractivity contribution in [3.8, 4) is 0 Å². The van der Waals surface area contributed by atoms with Gasteiger partial charge >= 0.3 is 0 Å². The zero-order valence-electron chi connectivity index (χ0n) is 5.27. The van der Waals surface area contributed by atoms with E-state index in [1.807, 2.05) is 18.2 Å². The van der Waals surface area contributed by atoms with Gasteiger partial charge in [-0.2, -0.15) is 0 Å². The quantitative estimate of drug-likeness (QED) is 0.457. The summed E-state index contributed by atoms with van der Waals surface area (Å²) in [6.45, 7) is 0. The number of thiocarbonyl (C=S) groups is 1. The third-order valence-corrected chi connectivity index (χ3v) is 0.566. The highest BCUT2D eigenvalue weighted by atomic mass is 32.1. The molecule has 1 rings (SSSR count). The molecule has 54 valence electrons. The zero-order chi connectivity index (χ0) is 7.82. The van der Waals surface area contributed by atoms with Crippen LogP contribution >= 0.6 is 24.8 Å². The monoisotopic (exact) mass is 172 g/mol. The first-order valence-corrected chi connectivity index (χ1v) is 3.42. The van der Waals surface area contributed by atoms with Crippen molar-refractivity contribution in [2.75, 3.05) is 0 Å². The average molecular weight is 172 g/mol. The Labute approximate surface area is 70.9 Å². The highest BCUT2D eigenvalue weighted by Gasteiger charge is 1.58. The van der Waals surface area contributed by atoms with Gasteiger partial charge in [0.1, 0.15) is 4.32 Å². The molecule has 0 saturated carbocycles. The van der Waals surface area contributed by atoms with E-state index in [0.29, 0.717) is 0 Å². The van der Waals surface area contributed by atoms with E-state index >= 15 is 0 Å². The van der Waals surface area contributed by atoms with E-state index in [1.54, 1.807) is 12.4 Å². The lowest BCUT2D eigenvalue weighted by molar-refractivity contribution is 1.33. The molecular weight excluding hydrogens is 164 g/mol. The van der Waals surface area contributed by atoms with Crippen LogP contribution in [0.5, 0.6) is 0 Å². The Morgan fingerprint density at radius 3 is 1.80 bits per heavy atom. The zero-order valence-corrected chi connectivity index (χ0v) is 6.98. The lowest BCUT2D eigenvalue weighted by Gasteiger charge is -1.70. The van der Waals surface area contributed by atoms with Crippen LogP contribution in [0.2, 0.25) is 0 Å². The van der Waals surface area contributed by atoms with E-state index in [1.165, 1.54) is 0 Å². The molecule has 0 spiro atoms. The normalized spacial score (nSPS) is 7.30. The molecule has 10 heavy (non-hydrogen) atoms. The summed E-state index contributed by atoms with van der Waals surface area (Å²) in [5.74, 6) is 0. The Balaban J connectivity index is 0.000000180. The van der Waals surface area contributed by atoms with Crippen LogP contribution in [0.1, 0.15) is 0 Å². The SMILES string of the molecule is NC(=S)S.c1ccncc1. The molecule has 1 aromatic heterocycles. The van der Waals surface area contributed by atoms with Crippen molar-refractivity contribution >= 4 is 29.2 Å². The summed E-state index contributed by atoms with van der Waals surface area (Å²) in [4.78, 5) is 3.78. The maximum Gasteiger partial charge on any atom is 0.128 e. The van der Waals surface area contributed by atoms with Crippen LogP contribution in [0.4, 0.5) is 0 Å². The Bertz CT molecular complexity index is 146. The van der Waals surface area contributed by atoms with Crippen LogP contribution in [-0.4, -0.2) is 9.30 Å². The summed E-state index contributed by atoms with van der Waals surface area (Å²) in [6, 6.07) is 5.72. The summed E-state index contributed by atoms with van der Waals surface area (Å²) >= 11 is 7.65. The van der Waals surface area contributed by atoms with Crippen molar-refractivity contribution in [2.45, 2.75) is 0 Å². The predicted molar refractivity (Wildman–Crippen MR) is 50.0 cm³/mol. The molecule has 0 fully saturated rings. The molecule has 0 radical (unpaired) electrons. The summed E-state index contributed by atoms with van der Waals surface area (Å²) in [6.07, 6.45) is 3.50. The summed E-state index contributed by atoms with van der Waals surface area (Å²) in [5, 5.41) is 0. The van der Waals surface area contributed by atoms with Gasteiger partial charge in [0, 0.05) is 12.4 Å². The molecule has 0 unspecified atom stereocenters. The van der Waals surface area contributed by atoms with Gasteiger partial charge in [0.2, 0.25) is 0 Å². The van der Waals surface area contributed by atoms with Gasteiger partial charge in [-0.25, -0.2) is 0 Å². The maximum absolute atomic E-state index is 4.71. The molecular formula is C6H8N2S2. The van der Waals surface area contributed by atoms with E-state index in [2.05, 4.69) is 29.8 Å². The Hall–Kier alpha value is -0.610. The van der Waals surface area contributed by atoms with Crippen molar-refractivity contribution in [1.82, 2.24) is 4.98 Å². The number of hydrogen-bond acceptors (Lipinski definition) is 2. The van der Waals surface area contributed by atoms with Crippen molar-refractivity contribution in [1.29, 1.82) is 0 Å². The minimum Gasteiger partial charge on any atom is -0.385 e. The van der Waals surface area contributed by atoms with E-state index in [0.717, 1.165) is 0 Å². The topological polar surface area (TPSA) is 38.9 Å². The molecule has 1 aromatic rings. The molecule has 0 aliphatic rings. The molecule has 0 aromatic carbocycles. The van der Waals surface area contributed by atoms with E-state index in [4.69, 9.17) is 5.73 Å². The highest BCUT2D eigenvalue weighted by Crippen LogP contribution is 1.73. The second kappa shape index (κ2) is 6.51. The Morgan fingerprint density at radius 2 is 1.70 bits per heavy atom. The van der Waals surface area contributed by atoms with E-state index < -0.39 is 0 Å². The van der Waals surface area contributed by atoms with Gasteiger partial charge in [-0.05, 0) is 12.1 Å². The predicted octanol–water partition coefficient (Wildman–Crippen LogP) is 1.24. The molecule has 0 aliphatic carbocycles. The van der Waals surface area contributed by atoms with Gasteiger partial charge in [-0.3, -0.25) is 4.98 Å². The number of aromatic nitrogens is 1. The molecule has 0 atom stereocenters. The fourth-order valence-electron chi connectivity index (χ4n) is 0.313. The van der Waals surface area contributed by atoms with Crippen LogP contribution < -0.4 is 5.73 Å². The second-order valence-electron chi connectivity index (χ2n) is 1.36. The van der Waals surface area contributed by atoms with Crippen molar-refractivity contribution in [3.63, 3.8) is 0 Å². The number of thiol groups is 1. The van der Waals surface area contributed by atoms with Crippen LogP contribution in [0, 0.1) is 0 Å². The molecule has 2 nitrogen and oxygen atoms in total. The first kappa shape index (κ1) is 9.39. The summed E-state index contributed by atoms with van der Waals surface area (Å²) < 4.78 is 0.194. The van der Waals surface area contributed by atoms with Gasteiger partial charge in [-0.15, -0.1) is 12.6 Å². The van der Waals surface area contributed by atoms with Gasteiger partial charge in [0.15, 0.2) is 0 Å². The Kier molecular flexibility index (Phi) is 6.11. The molecule has 0 amide bonds. The summed E-state index contributed by atoms with van der Waals surface area (Å²) in [7, 11) is 0. The van der Waals surface area contributed by atoms with Crippen LogP contribution in [0.3, 0.4) is 0 Å². The smallest absolute Gasteiger partial charge is 0.128 e. The molecule has 2 N–H and O–H groups in total. The maximum atomic E-state index is 4.71. The number of rotatable bonds is 0. The second-order valence-corrected chi connectivity index (χ2v) is 2.59. The third kappa shape index (κ3) is 10.4. The first-order valence-electron chi connectivity index (χ1n) is 2.57. The van der Waals surface area contributed by atoms with Crippen LogP contribution in [0.25, 0.3) is 0 Å². The standard InChI is InChI=1S/C5H5N.CH3NS2/c1-2-4-6-5-3-1;2-1(3)4/h1-5H;(H3,2,3,4). The lowest BCUT2D eigenvalue weighted by Crippen LogP contribution is -1.94. The molecule has 0 bridgehead atoms. The van der Waals surface area contributed by atoms with Crippen molar-refractivity contribution in [3.05, 3.63) is 30.6 Å². The minimum atomic E-state index is 0.194. The number of pyridine rings is 1. The van der Waals surface area contributed by atoms with Crippen molar-refractivity contribution < 1.29 is 0 Å². The van der Waals surface area contributed by atoms with Crippen molar-refractivity contribution in [2.24, 2.45) is 5.73 Å². The Morgan fingerprint density at radius 1 is 1.30 bits per heavy atom. The number of nitrogens with two attached hydrogens (primary N) is 1. The van der Waals surface area contributed by atoms with Gasteiger partial charge in [0.05, 0.1) is 0 Å². The number of hydrogen-bond donors (Lipinski definition) is 2. The van der Waals surface area contributed by atoms with Crippen LogP contribution in [0.15, 0.2) is 30.6 Å². The summed E-state index contributed by atoms with van der Waals surface area (Å²) in [5.41, 5.74) is 4.71. The average Bonchev–Trinajstić information content (AvgIpc) is 1.90. The van der Waals surface area contributed by atoms with Crippen LogP contribution in [-0.2, 0) is 0 Å². The van der Waals surface area contributed by atoms with E-state index in [9.17, 15) is 0 Å². The molecule has 4 heteroatoms. The third-order valence-electron chi connectivity index (χ3n) is 0.566. The number of nitrogens with zero attached hydrogens (tertiary/aromatic N) is 1.